The smallest absolute Gasteiger partial charge is 0.311 e. The van der Waals surface area contributed by atoms with E-state index in [-0.39, 0.29) is 19.8 Å². The Balaban J connectivity index is 3.83. The van der Waals surface area contributed by atoms with Gasteiger partial charge >= 0.3 is 5.97 Å². The van der Waals surface area contributed by atoms with Crippen molar-refractivity contribution < 1.29 is 14.3 Å². The van der Waals surface area contributed by atoms with Crippen LogP contribution in [0.15, 0.2) is 0 Å². The van der Waals surface area contributed by atoms with E-state index in [2.05, 4.69) is 9.47 Å². The lowest BCUT2D eigenvalue weighted by Crippen LogP contribution is -2.27. The normalized spacial score (nSPS) is 10.8. The first kappa shape index (κ1) is 12.2. The van der Waals surface area contributed by atoms with Crippen LogP contribution in [-0.4, -0.2) is 25.7 Å². The predicted molar refractivity (Wildman–Crippen MR) is 45.3 cm³/mol. The highest BCUT2D eigenvalue weighted by Gasteiger charge is 2.18. The maximum absolute atomic E-state index is 11.1. The molecule has 0 radical (unpaired) electrons. The number of carbonyl (C=O) groups excluding carboxylic acids is 1. The average Bonchev–Trinajstić information content (AvgIpc) is 2.21. The molecule has 0 amide bonds. The van der Waals surface area contributed by atoms with E-state index in [0.29, 0.717) is 6.42 Å². The van der Waals surface area contributed by atoms with E-state index >= 15 is 0 Å². The van der Waals surface area contributed by atoms with Gasteiger partial charge in [0.2, 0.25) is 0 Å². The summed E-state index contributed by atoms with van der Waals surface area (Å²) in [7, 11) is 0. The molecule has 0 aliphatic carbocycles. The van der Waals surface area contributed by atoms with Gasteiger partial charge in [0.1, 0.15) is 12.7 Å². The van der Waals surface area contributed by atoms with E-state index in [4.69, 9.17) is 16.3 Å². The molecule has 0 heterocycles. The molecule has 0 spiro atoms. The van der Waals surface area contributed by atoms with Gasteiger partial charge in [-0.3, -0.25) is 4.79 Å². The average molecular weight is 197 g/mol. The zero-order valence-electron chi connectivity index (χ0n) is 7.60. The molecular formula is C8H11N3O3. The van der Waals surface area contributed by atoms with Crippen molar-refractivity contribution in [1.29, 1.82) is 10.5 Å². The van der Waals surface area contributed by atoms with Crippen molar-refractivity contribution in [3.63, 3.8) is 0 Å². The minimum absolute atomic E-state index is 0.110. The van der Waals surface area contributed by atoms with Gasteiger partial charge in [0.25, 0.3) is 6.26 Å². The van der Waals surface area contributed by atoms with E-state index in [1.54, 1.807) is 6.07 Å². The lowest BCUT2D eigenvalue weighted by molar-refractivity contribution is -0.147. The Morgan fingerprint density at radius 2 is 2.21 bits per heavy atom. The van der Waals surface area contributed by atoms with Crippen LogP contribution in [0, 0.1) is 28.8 Å². The van der Waals surface area contributed by atoms with Crippen LogP contribution in [0.3, 0.4) is 0 Å². The molecule has 0 rings (SSSR count). The molecule has 0 aliphatic rings. The molecule has 0 bridgehead atoms. The second kappa shape index (κ2) is 7.84. The maximum atomic E-state index is 11.1. The number of rotatable bonds is 6. The summed E-state index contributed by atoms with van der Waals surface area (Å²) in [6, 6.07) is 1.68. The van der Waals surface area contributed by atoms with Crippen molar-refractivity contribution in [3.05, 3.63) is 0 Å². The van der Waals surface area contributed by atoms with E-state index in [9.17, 15) is 4.79 Å². The third-order valence-electron chi connectivity index (χ3n) is 1.53. The predicted octanol–water partition coefficient (Wildman–Crippen LogP) is -0.484. The molecule has 14 heavy (non-hydrogen) atoms. The zero-order chi connectivity index (χ0) is 10.8. The molecule has 2 N–H and O–H groups in total. The molecule has 0 aromatic rings. The monoisotopic (exact) mass is 197 g/mol. The highest BCUT2D eigenvalue weighted by atomic mass is 16.5. The third-order valence-corrected chi connectivity index (χ3v) is 1.53. The Kier molecular flexibility index (Phi) is 6.84. The first-order chi connectivity index (χ1) is 6.76. The van der Waals surface area contributed by atoms with Gasteiger partial charge < -0.3 is 15.2 Å². The molecule has 1 unspecified atom stereocenters. The maximum Gasteiger partial charge on any atom is 0.311 e. The molecule has 0 saturated carbocycles. The largest absolute Gasteiger partial charge is 0.450 e. The molecule has 0 aromatic heterocycles. The topological polar surface area (TPSA) is 109 Å². The molecule has 0 aliphatic heterocycles. The minimum Gasteiger partial charge on any atom is -0.450 e. The summed E-state index contributed by atoms with van der Waals surface area (Å²) in [6.07, 6.45) is 1.80. The quantitative estimate of drug-likeness (QED) is 0.349. The Morgan fingerprint density at radius 3 is 2.71 bits per heavy atom. The van der Waals surface area contributed by atoms with Crippen molar-refractivity contribution in [2.45, 2.75) is 6.42 Å². The number of esters is 1. The molecule has 6 heteroatoms. The van der Waals surface area contributed by atoms with Gasteiger partial charge in [0.15, 0.2) is 6.61 Å². The summed E-state index contributed by atoms with van der Waals surface area (Å²) in [5.74, 6) is -1.05. The summed E-state index contributed by atoms with van der Waals surface area (Å²) < 4.78 is 8.95. The molecule has 0 aromatic carbocycles. The van der Waals surface area contributed by atoms with Crippen LogP contribution in [0.5, 0.6) is 0 Å². The molecule has 76 valence electrons. The first-order valence-corrected chi connectivity index (χ1v) is 4.00. The highest BCUT2D eigenvalue weighted by Crippen LogP contribution is 2.03. The fourth-order valence-corrected chi connectivity index (χ4v) is 0.800. The van der Waals surface area contributed by atoms with E-state index in [0.717, 1.165) is 0 Å². The van der Waals surface area contributed by atoms with Crippen molar-refractivity contribution in [2.75, 3.05) is 19.8 Å². The lowest BCUT2D eigenvalue weighted by atomic mass is 10.1. The van der Waals surface area contributed by atoms with Gasteiger partial charge in [-0.1, -0.05) is 0 Å². The van der Waals surface area contributed by atoms with Gasteiger partial charge in [-0.15, -0.1) is 0 Å². The second-order valence-corrected chi connectivity index (χ2v) is 2.43. The Hall–Kier alpha value is -1.79. The number of ether oxygens (including phenoxy) is 2. The fraction of sp³-hybridized carbons (Fsp3) is 0.625. The van der Waals surface area contributed by atoms with Gasteiger partial charge in [0, 0.05) is 6.54 Å². The van der Waals surface area contributed by atoms with Crippen LogP contribution < -0.4 is 5.73 Å². The van der Waals surface area contributed by atoms with Crippen molar-refractivity contribution in [1.82, 2.24) is 0 Å². The molecule has 0 saturated heterocycles. The fourth-order valence-electron chi connectivity index (χ4n) is 0.800. The molecule has 6 nitrogen and oxygen atoms in total. The Labute approximate surface area is 81.8 Å². The van der Waals surface area contributed by atoms with Crippen LogP contribution in [0.1, 0.15) is 6.42 Å². The van der Waals surface area contributed by atoms with Crippen molar-refractivity contribution >= 4 is 5.97 Å². The Morgan fingerprint density at radius 1 is 1.50 bits per heavy atom. The third kappa shape index (κ3) is 4.96. The summed E-state index contributed by atoms with van der Waals surface area (Å²) in [6.45, 7) is -0.0481. The number of hydrogen-bond donors (Lipinski definition) is 1. The number of hydrogen-bond acceptors (Lipinski definition) is 6. The van der Waals surface area contributed by atoms with Gasteiger partial charge in [-0.05, 0) is 6.42 Å². The molecule has 0 fully saturated rings. The number of nitrogens with two attached hydrogens (primary N) is 1. The highest BCUT2D eigenvalue weighted by molar-refractivity contribution is 5.72. The minimum atomic E-state index is -0.532. The number of nitriles is 2. The second-order valence-electron chi connectivity index (χ2n) is 2.43. The van der Waals surface area contributed by atoms with Crippen LogP contribution >= 0.6 is 0 Å². The van der Waals surface area contributed by atoms with Gasteiger partial charge in [-0.25, -0.2) is 0 Å². The summed E-state index contributed by atoms with van der Waals surface area (Å²) >= 11 is 0. The van der Waals surface area contributed by atoms with Crippen molar-refractivity contribution in [2.24, 2.45) is 11.7 Å². The van der Waals surface area contributed by atoms with Crippen LogP contribution in [-0.2, 0) is 14.3 Å². The molecule has 1 atom stereocenters. The SMILES string of the molecule is N#CCOC(=O)C(CN)CCOC#N. The van der Waals surface area contributed by atoms with Crippen LogP contribution in [0.2, 0.25) is 0 Å². The summed E-state index contributed by atoms with van der Waals surface area (Å²) in [5.41, 5.74) is 5.31. The number of nitrogens with zero attached hydrogens (tertiary/aromatic N) is 2. The van der Waals surface area contributed by atoms with Crippen LogP contribution in [0.4, 0.5) is 0 Å². The summed E-state index contributed by atoms with van der Waals surface area (Å²) in [5, 5.41) is 16.2. The van der Waals surface area contributed by atoms with Crippen molar-refractivity contribution in [3.8, 4) is 12.3 Å². The van der Waals surface area contributed by atoms with Gasteiger partial charge in [-0.2, -0.15) is 10.5 Å². The van der Waals surface area contributed by atoms with E-state index in [1.165, 1.54) is 6.26 Å². The Bertz CT molecular complexity index is 254. The molecular weight excluding hydrogens is 186 g/mol. The first-order valence-electron chi connectivity index (χ1n) is 4.00. The number of carbonyl (C=O) groups is 1. The van der Waals surface area contributed by atoms with Crippen LogP contribution in [0.25, 0.3) is 0 Å². The zero-order valence-corrected chi connectivity index (χ0v) is 7.60. The summed E-state index contributed by atoms with van der Waals surface area (Å²) in [4.78, 5) is 11.1. The lowest BCUT2D eigenvalue weighted by Gasteiger charge is -2.10. The van der Waals surface area contributed by atoms with Gasteiger partial charge in [0.05, 0.1) is 5.92 Å². The standard InChI is InChI=1S/C8H11N3O3/c9-2-4-14-8(12)7(5-10)1-3-13-6-11/h7H,1,3-5,10H2. The van der Waals surface area contributed by atoms with E-state index in [1.807, 2.05) is 0 Å². The van der Waals surface area contributed by atoms with E-state index < -0.39 is 11.9 Å².